The Balaban J connectivity index is 2.50. The average Bonchev–Trinajstić information content (AvgIpc) is 2.75. The first kappa shape index (κ1) is 15.5. The fourth-order valence-electron chi connectivity index (χ4n) is 3.21. The second-order valence-corrected chi connectivity index (χ2v) is 6.25. The number of hydrogen-bond donors (Lipinski definition) is 2. The standard InChI is InChI=1S/C15H30N2O/c1-5-16-13(4)11-17-14(18)15(10-12(2)3)8-6-7-9-15/h12-13,16H,5-11H2,1-4H3,(H,17,18)/t13-/m1/s1. The van der Waals surface area contributed by atoms with E-state index < -0.39 is 0 Å². The van der Waals surface area contributed by atoms with Gasteiger partial charge in [-0.1, -0.05) is 33.6 Å². The number of carbonyl (C=O) groups excluding carboxylic acids is 1. The lowest BCUT2D eigenvalue weighted by molar-refractivity contribution is -0.131. The summed E-state index contributed by atoms with van der Waals surface area (Å²) in [5, 5.41) is 6.48. The van der Waals surface area contributed by atoms with E-state index in [0.717, 1.165) is 32.4 Å². The van der Waals surface area contributed by atoms with Crippen LogP contribution >= 0.6 is 0 Å². The van der Waals surface area contributed by atoms with Crippen LogP contribution in [0.2, 0.25) is 0 Å². The fraction of sp³-hybridized carbons (Fsp3) is 0.933. The molecule has 0 aliphatic heterocycles. The van der Waals surface area contributed by atoms with Gasteiger partial charge in [-0.25, -0.2) is 0 Å². The van der Waals surface area contributed by atoms with Crippen molar-refractivity contribution < 1.29 is 4.79 Å². The minimum atomic E-state index is -0.0693. The van der Waals surface area contributed by atoms with Gasteiger partial charge in [0.2, 0.25) is 5.91 Å². The normalized spacial score (nSPS) is 20.1. The van der Waals surface area contributed by atoms with Crippen LogP contribution < -0.4 is 10.6 Å². The maximum absolute atomic E-state index is 12.5. The fourth-order valence-corrected chi connectivity index (χ4v) is 3.21. The van der Waals surface area contributed by atoms with Crippen molar-refractivity contribution in [1.29, 1.82) is 0 Å². The maximum Gasteiger partial charge on any atom is 0.226 e. The molecule has 106 valence electrons. The number of carbonyl (C=O) groups is 1. The topological polar surface area (TPSA) is 41.1 Å². The molecule has 1 aliphatic rings. The molecule has 1 saturated carbocycles. The summed E-state index contributed by atoms with van der Waals surface area (Å²) in [6, 6.07) is 0.358. The first-order valence-corrected chi connectivity index (χ1v) is 7.52. The molecule has 0 heterocycles. The molecule has 0 bridgehead atoms. The number of nitrogens with one attached hydrogen (secondary N) is 2. The Labute approximate surface area is 112 Å². The summed E-state index contributed by atoms with van der Waals surface area (Å²) < 4.78 is 0. The van der Waals surface area contributed by atoms with Crippen LogP contribution in [0.25, 0.3) is 0 Å². The molecule has 1 rings (SSSR count). The zero-order chi connectivity index (χ0) is 13.6. The second kappa shape index (κ2) is 7.13. The molecule has 1 fully saturated rings. The molecule has 3 nitrogen and oxygen atoms in total. The highest BCUT2D eigenvalue weighted by Crippen LogP contribution is 2.43. The van der Waals surface area contributed by atoms with Crippen LogP contribution in [-0.2, 0) is 4.79 Å². The molecule has 0 radical (unpaired) electrons. The zero-order valence-corrected chi connectivity index (χ0v) is 12.5. The average molecular weight is 254 g/mol. The molecule has 0 aromatic rings. The van der Waals surface area contributed by atoms with Crippen LogP contribution in [0.5, 0.6) is 0 Å². The molecular formula is C15H30N2O. The van der Waals surface area contributed by atoms with E-state index in [1.54, 1.807) is 0 Å². The van der Waals surface area contributed by atoms with Crippen molar-refractivity contribution in [2.75, 3.05) is 13.1 Å². The Hall–Kier alpha value is -0.570. The molecule has 0 aromatic carbocycles. The van der Waals surface area contributed by atoms with Crippen LogP contribution in [0, 0.1) is 11.3 Å². The molecule has 1 atom stereocenters. The number of hydrogen-bond acceptors (Lipinski definition) is 2. The highest BCUT2D eigenvalue weighted by Gasteiger charge is 2.41. The maximum atomic E-state index is 12.5. The summed E-state index contributed by atoms with van der Waals surface area (Å²) in [6.07, 6.45) is 5.61. The van der Waals surface area contributed by atoms with Crippen molar-refractivity contribution in [2.24, 2.45) is 11.3 Å². The zero-order valence-electron chi connectivity index (χ0n) is 12.5. The SMILES string of the molecule is CCN[C@H](C)CNC(=O)C1(CC(C)C)CCCC1. The first-order chi connectivity index (χ1) is 8.50. The molecule has 1 aliphatic carbocycles. The molecule has 0 aromatic heterocycles. The lowest BCUT2D eigenvalue weighted by Gasteiger charge is -2.30. The first-order valence-electron chi connectivity index (χ1n) is 7.52. The third-order valence-corrected chi connectivity index (χ3v) is 3.96. The van der Waals surface area contributed by atoms with E-state index in [4.69, 9.17) is 0 Å². The van der Waals surface area contributed by atoms with Gasteiger partial charge in [0, 0.05) is 18.0 Å². The Kier molecular flexibility index (Phi) is 6.13. The Morgan fingerprint density at radius 2 is 1.83 bits per heavy atom. The van der Waals surface area contributed by atoms with Gasteiger partial charge in [0.25, 0.3) is 0 Å². The van der Waals surface area contributed by atoms with Gasteiger partial charge in [0.05, 0.1) is 0 Å². The summed E-state index contributed by atoms with van der Waals surface area (Å²) >= 11 is 0. The third-order valence-electron chi connectivity index (χ3n) is 3.96. The van der Waals surface area contributed by atoms with Crippen LogP contribution in [0.15, 0.2) is 0 Å². The number of likely N-dealkylation sites (N-methyl/N-ethyl adjacent to an activating group) is 1. The van der Waals surface area contributed by atoms with E-state index in [0.29, 0.717) is 17.9 Å². The summed E-state index contributed by atoms with van der Waals surface area (Å²) in [6.45, 7) is 10.3. The van der Waals surface area contributed by atoms with Gasteiger partial charge in [0.1, 0.15) is 0 Å². The lowest BCUT2D eigenvalue weighted by atomic mass is 9.77. The van der Waals surface area contributed by atoms with Gasteiger partial charge in [-0.05, 0) is 38.6 Å². The largest absolute Gasteiger partial charge is 0.354 e. The predicted molar refractivity (Wildman–Crippen MR) is 76.5 cm³/mol. The van der Waals surface area contributed by atoms with Gasteiger partial charge in [-0.15, -0.1) is 0 Å². The minimum absolute atomic E-state index is 0.0693. The van der Waals surface area contributed by atoms with Crippen molar-refractivity contribution in [2.45, 2.75) is 65.8 Å². The molecule has 1 amide bonds. The van der Waals surface area contributed by atoms with E-state index in [1.807, 2.05) is 0 Å². The van der Waals surface area contributed by atoms with E-state index >= 15 is 0 Å². The van der Waals surface area contributed by atoms with Crippen molar-refractivity contribution in [3.05, 3.63) is 0 Å². The monoisotopic (exact) mass is 254 g/mol. The van der Waals surface area contributed by atoms with Gasteiger partial charge < -0.3 is 10.6 Å². The van der Waals surface area contributed by atoms with Gasteiger partial charge in [-0.3, -0.25) is 4.79 Å². The second-order valence-electron chi connectivity index (χ2n) is 6.25. The highest BCUT2D eigenvalue weighted by molar-refractivity contribution is 5.82. The summed E-state index contributed by atoms with van der Waals surface area (Å²) in [4.78, 5) is 12.5. The Morgan fingerprint density at radius 1 is 1.22 bits per heavy atom. The molecule has 18 heavy (non-hydrogen) atoms. The van der Waals surface area contributed by atoms with Gasteiger partial charge in [0.15, 0.2) is 0 Å². The summed E-state index contributed by atoms with van der Waals surface area (Å²) in [5.74, 6) is 0.887. The minimum Gasteiger partial charge on any atom is -0.354 e. The van der Waals surface area contributed by atoms with E-state index in [-0.39, 0.29) is 5.41 Å². The van der Waals surface area contributed by atoms with Crippen molar-refractivity contribution >= 4 is 5.91 Å². The smallest absolute Gasteiger partial charge is 0.226 e. The quantitative estimate of drug-likeness (QED) is 0.733. The van der Waals surface area contributed by atoms with Crippen molar-refractivity contribution in [3.8, 4) is 0 Å². The molecule has 0 spiro atoms. The van der Waals surface area contributed by atoms with Crippen LogP contribution in [-0.4, -0.2) is 25.0 Å². The number of amides is 1. The highest BCUT2D eigenvalue weighted by atomic mass is 16.2. The van der Waals surface area contributed by atoms with Crippen molar-refractivity contribution in [3.63, 3.8) is 0 Å². The van der Waals surface area contributed by atoms with Gasteiger partial charge >= 0.3 is 0 Å². The predicted octanol–water partition coefficient (Wildman–Crippen LogP) is 2.71. The van der Waals surface area contributed by atoms with E-state index in [2.05, 4.69) is 38.3 Å². The summed E-state index contributed by atoms with van der Waals surface area (Å²) in [7, 11) is 0. The molecule has 0 unspecified atom stereocenters. The van der Waals surface area contributed by atoms with E-state index in [1.165, 1.54) is 12.8 Å². The molecule has 0 saturated heterocycles. The van der Waals surface area contributed by atoms with Gasteiger partial charge in [-0.2, -0.15) is 0 Å². The third kappa shape index (κ3) is 4.27. The van der Waals surface area contributed by atoms with Crippen LogP contribution in [0.3, 0.4) is 0 Å². The number of rotatable bonds is 7. The Bertz CT molecular complexity index is 257. The van der Waals surface area contributed by atoms with Crippen molar-refractivity contribution in [1.82, 2.24) is 10.6 Å². The van der Waals surface area contributed by atoms with Crippen LogP contribution in [0.4, 0.5) is 0 Å². The molecule has 2 N–H and O–H groups in total. The molecular weight excluding hydrogens is 224 g/mol. The van der Waals surface area contributed by atoms with E-state index in [9.17, 15) is 4.79 Å². The Morgan fingerprint density at radius 3 is 2.33 bits per heavy atom. The molecule has 3 heteroatoms. The summed E-state index contributed by atoms with van der Waals surface area (Å²) in [5.41, 5.74) is -0.0693. The lowest BCUT2D eigenvalue weighted by Crippen LogP contribution is -2.45. The van der Waals surface area contributed by atoms with Crippen LogP contribution in [0.1, 0.15) is 59.8 Å².